The predicted octanol–water partition coefficient (Wildman–Crippen LogP) is 3.21. The van der Waals surface area contributed by atoms with Crippen LogP contribution in [0.5, 0.6) is 0 Å². The van der Waals surface area contributed by atoms with Gasteiger partial charge in [-0.05, 0) is 54.8 Å². The van der Waals surface area contributed by atoms with E-state index in [1.165, 1.54) is 36.9 Å². The van der Waals surface area contributed by atoms with Gasteiger partial charge in [-0.25, -0.2) is 13.1 Å². The lowest BCUT2D eigenvalue weighted by Gasteiger charge is -2.09. The molecular formula is C20H26N2O4S. The van der Waals surface area contributed by atoms with Crippen molar-refractivity contribution in [1.82, 2.24) is 4.72 Å². The lowest BCUT2D eigenvalue weighted by atomic mass is 10.1. The first kappa shape index (κ1) is 21.1. The molecule has 0 aliphatic carbocycles. The number of sulfonamides is 1. The Balaban J connectivity index is 1.99. The molecule has 6 nitrogen and oxygen atoms in total. The minimum absolute atomic E-state index is 0.107. The van der Waals surface area contributed by atoms with Crippen LogP contribution in [0.1, 0.15) is 35.7 Å². The van der Waals surface area contributed by atoms with E-state index < -0.39 is 10.0 Å². The van der Waals surface area contributed by atoms with E-state index >= 15 is 0 Å². The summed E-state index contributed by atoms with van der Waals surface area (Å²) in [5.74, 6) is -0.285. The normalized spacial score (nSPS) is 11.3. The van der Waals surface area contributed by atoms with E-state index in [9.17, 15) is 13.2 Å². The third-order valence-corrected chi connectivity index (χ3v) is 5.53. The van der Waals surface area contributed by atoms with Crippen LogP contribution in [0, 0.1) is 0 Å². The van der Waals surface area contributed by atoms with Crippen LogP contribution >= 0.6 is 0 Å². The van der Waals surface area contributed by atoms with E-state index in [1.54, 1.807) is 0 Å². The molecule has 0 saturated carbocycles. The zero-order valence-electron chi connectivity index (χ0n) is 15.7. The van der Waals surface area contributed by atoms with Crippen LogP contribution in [-0.2, 0) is 21.2 Å². The predicted molar refractivity (Wildman–Crippen MR) is 107 cm³/mol. The van der Waals surface area contributed by atoms with Gasteiger partial charge in [-0.3, -0.25) is 4.79 Å². The number of ether oxygens (including phenoxy) is 1. The van der Waals surface area contributed by atoms with Crippen LogP contribution in [0.25, 0.3) is 0 Å². The van der Waals surface area contributed by atoms with E-state index in [-0.39, 0.29) is 24.0 Å². The molecule has 0 aliphatic rings. The van der Waals surface area contributed by atoms with Crippen molar-refractivity contribution in [3.8, 4) is 0 Å². The lowest BCUT2D eigenvalue weighted by Crippen LogP contribution is -2.27. The van der Waals surface area contributed by atoms with Crippen molar-refractivity contribution in [3.63, 3.8) is 0 Å². The number of unbranched alkanes of at least 4 members (excludes halogenated alkanes) is 1. The van der Waals surface area contributed by atoms with Gasteiger partial charge < -0.3 is 10.1 Å². The van der Waals surface area contributed by atoms with Gasteiger partial charge in [0, 0.05) is 24.9 Å². The number of hydrogen-bond acceptors (Lipinski definition) is 4. The van der Waals surface area contributed by atoms with Crippen molar-refractivity contribution < 1.29 is 17.9 Å². The largest absolute Gasteiger partial charge is 0.383 e. The van der Waals surface area contributed by atoms with Crippen LogP contribution in [0.15, 0.2) is 53.4 Å². The summed E-state index contributed by atoms with van der Waals surface area (Å²) in [6.45, 7) is 2.63. The van der Waals surface area contributed by atoms with E-state index in [0.717, 1.165) is 19.3 Å². The van der Waals surface area contributed by atoms with Crippen molar-refractivity contribution in [2.75, 3.05) is 25.6 Å². The monoisotopic (exact) mass is 390 g/mol. The Morgan fingerprint density at radius 1 is 1.04 bits per heavy atom. The number of carbonyl (C=O) groups excluding carboxylic acids is 1. The number of anilines is 1. The number of rotatable bonds is 10. The molecular weight excluding hydrogens is 364 g/mol. The van der Waals surface area contributed by atoms with Crippen LogP contribution in [-0.4, -0.2) is 34.6 Å². The smallest absolute Gasteiger partial charge is 0.255 e. The van der Waals surface area contributed by atoms with Gasteiger partial charge >= 0.3 is 0 Å². The van der Waals surface area contributed by atoms with Gasteiger partial charge in [0.15, 0.2) is 0 Å². The molecule has 0 bridgehead atoms. The second kappa shape index (κ2) is 10.2. The highest BCUT2D eigenvalue weighted by molar-refractivity contribution is 7.89. The third-order valence-electron chi connectivity index (χ3n) is 4.06. The fourth-order valence-corrected chi connectivity index (χ4v) is 3.50. The minimum Gasteiger partial charge on any atom is -0.383 e. The molecule has 7 heteroatoms. The topological polar surface area (TPSA) is 84.5 Å². The zero-order chi connectivity index (χ0) is 19.7. The number of methoxy groups -OCH3 is 1. The second-order valence-corrected chi connectivity index (χ2v) is 7.94. The molecule has 0 atom stereocenters. The summed E-state index contributed by atoms with van der Waals surface area (Å²) >= 11 is 0. The van der Waals surface area contributed by atoms with E-state index in [4.69, 9.17) is 4.74 Å². The van der Waals surface area contributed by atoms with Crippen molar-refractivity contribution in [2.24, 2.45) is 0 Å². The highest BCUT2D eigenvalue weighted by atomic mass is 32.2. The average molecular weight is 391 g/mol. The maximum atomic E-state index is 12.4. The molecule has 0 unspecified atom stereocenters. The van der Waals surface area contributed by atoms with Crippen molar-refractivity contribution in [1.29, 1.82) is 0 Å². The molecule has 2 rings (SSSR count). The fraction of sp³-hybridized carbons (Fsp3) is 0.350. The van der Waals surface area contributed by atoms with Crippen molar-refractivity contribution in [2.45, 2.75) is 31.1 Å². The van der Waals surface area contributed by atoms with Crippen LogP contribution < -0.4 is 10.0 Å². The van der Waals surface area contributed by atoms with Gasteiger partial charge in [0.2, 0.25) is 10.0 Å². The Morgan fingerprint density at radius 3 is 2.30 bits per heavy atom. The molecule has 2 aromatic rings. The van der Waals surface area contributed by atoms with Crippen LogP contribution in [0.2, 0.25) is 0 Å². The molecule has 0 fully saturated rings. The Labute approximate surface area is 161 Å². The van der Waals surface area contributed by atoms with Gasteiger partial charge in [0.25, 0.3) is 5.91 Å². The molecule has 0 heterocycles. The molecule has 0 aromatic heterocycles. The first-order chi connectivity index (χ1) is 13.0. The average Bonchev–Trinajstić information content (AvgIpc) is 2.67. The van der Waals surface area contributed by atoms with Crippen LogP contribution in [0.3, 0.4) is 0 Å². The number of aryl methyl sites for hydroxylation is 1. The summed E-state index contributed by atoms with van der Waals surface area (Å²) in [6, 6.07) is 13.6. The van der Waals surface area contributed by atoms with Gasteiger partial charge in [-0.2, -0.15) is 0 Å². The van der Waals surface area contributed by atoms with Crippen molar-refractivity contribution in [3.05, 3.63) is 59.7 Å². The Morgan fingerprint density at radius 2 is 1.70 bits per heavy atom. The van der Waals surface area contributed by atoms with E-state index in [1.807, 2.05) is 24.3 Å². The summed E-state index contributed by atoms with van der Waals surface area (Å²) in [5, 5.41) is 2.82. The minimum atomic E-state index is -3.61. The summed E-state index contributed by atoms with van der Waals surface area (Å²) in [7, 11) is -2.11. The Hall–Kier alpha value is -2.22. The quantitative estimate of drug-likeness (QED) is 0.610. The fourth-order valence-electron chi connectivity index (χ4n) is 2.49. The number of hydrogen-bond donors (Lipinski definition) is 2. The highest BCUT2D eigenvalue weighted by Crippen LogP contribution is 2.15. The Kier molecular flexibility index (Phi) is 7.97. The third kappa shape index (κ3) is 6.46. The summed E-state index contributed by atoms with van der Waals surface area (Å²) in [6.07, 6.45) is 3.31. The number of benzene rings is 2. The second-order valence-electron chi connectivity index (χ2n) is 6.17. The van der Waals surface area contributed by atoms with Gasteiger partial charge in [0.1, 0.15) is 0 Å². The highest BCUT2D eigenvalue weighted by Gasteiger charge is 2.14. The molecule has 146 valence electrons. The first-order valence-corrected chi connectivity index (χ1v) is 10.4. The van der Waals surface area contributed by atoms with Crippen molar-refractivity contribution >= 4 is 21.6 Å². The maximum absolute atomic E-state index is 12.4. The molecule has 1 amide bonds. The number of carbonyl (C=O) groups is 1. The SMILES string of the molecule is CCCCc1ccc(NC(=O)c2ccc(S(=O)(=O)NCCOC)cc2)cc1. The molecule has 0 saturated heterocycles. The van der Waals surface area contributed by atoms with Gasteiger partial charge in [-0.15, -0.1) is 0 Å². The van der Waals surface area contributed by atoms with Gasteiger partial charge in [-0.1, -0.05) is 25.5 Å². The maximum Gasteiger partial charge on any atom is 0.255 e. The molecule has 0 radical (unpaired) electrons. The van der Waals surface area contributed by atoms with Crippen LogP contribution in [0.4, 0.5) is 5.69 Å². The first-order valence-electron chi connectivity index (χ1n) is 8.95. The number of nitrogens with one attached hydrogen (secondary N) is 2. The molecule has 0 aliphatic heterocycles. The summed E-state index contributed by atoms with van der Waals surface area (Å²) in [4.78, 5) is 12.5. The molecule has 2 N–H and O–H groups in total. The van der Waals surface area contributed by atoms with Gasteiger partial charge in [0.05, 0.1) is 11.5 Å². The van der Waals surface area contributed by atoms with E-state index in [0.29, 0.717) is 11.3 Å². The zero-order valence-corrected chi connectivity index (χ0v) is 16.5. The Bertz CT molecular complexity index is 831. The standard InChI is InChI=1S/C20H26N2O4S/c1-3-4-5-16-6-10-18(11-7-16)22-20(23)17-8-12-19(13-9-17)27(24,25)21-14-15-26-2/h6-13,21H,3-5,14-15H2,1-2H3,(H,22,23). The number of amides is 1. The van der Waals surface area contributed by atoms with E-state index in [2.05, 4.69) is 17.0 Å². The lowest BCUT2D eigenvalue weighted by molar-refractivity contribution is 0.102. The summed E-state index contributed by atoms with van der Waals surface area (Å²) < 4.78 is 31.5. The molecule has 27 heavy (non-hydrogen) atoms. The molecule has 2 aromatic carbocycles. The molecule has 0 spiro atoms. The summed E-state index contributed by atoms with van der Waals surface area (Å²) in [5.41, 5.74) is 2.34.